The summed E-state index contributed by atoms with van der Waals surface area (Å²) in [6.07, 6.45) is 2.77. The molecule has 0 fully saturated rings. The van der Waals surface area contributed by atoms with Crippen LogP contribution in [-0.4, -0.2) is 39.6 Å². The zero-order valence-corrected chi connectivity index (χ0v) is 15.4. The molecule has 3 rings (SSSR count). The first kappa shape index (κ1) is 18.6. The van der Waals surface area contributed by atoms with Gasteiger partial charge in [0.25, 0.3) is 5.56 Å². The highest BCUT2D eigenvalue weighted by molar-refractivity contribution is 6.31. The van der Waals surface area contributed by atoms with Crippen molar-refractivity contribution in [3.63, 3.8) is 0 Å². The minimum absolute atomic E-state index is 0.0447. The van der Waals surface area contributed by atoms with Gasteiger partial charge in [0.15, 0.2) is 5.02 Å². The fourth-order valence-corrected chi connectivity index (χ4v) is 2.47. The normalized spacial score (nSPS) is 11.1. The lowest BCUT2D eigenvalue weighted by atomic mass is 10.1. The third-order valence-corrected chi connectivity index (χ3v) is 3.84. The maximum atomic E-state index is 12.4. The van der Waals surface area contributed by atoms with E-state index in [2.05, 4.69) is 25.1 Å². The number of benzene rings is 1. The quantitative estimate of drug-likeness (QED) is 0.451. The number of hydrogen-bond donors (Lipinski definition) is 0. The Hall–Kier alpha value is -3.20. The lowest BCUT2D eigenvalue weighted by molar-refractivity contribution is 0.212. The Kier molecular flexibility index (Phi) is 5.82. The molecule has 0 radical (unpaired) electrons. The van der Waals surface area contributed by atoms with Crippen LogP contribution in [0.1, 0.15) is 11.5 Å². The lowest BCUT2D eigenvalue weighted by Gasteiger charge is -2.09. The summed E-state index contributed by atoms with van der Waals surface area (Å²) in [5.41, 5.74) is 1.31. The van der Waals surface area contributed by atoms with Gasteiger partial charge in [-0.1, -0.05) is 46.2 Å². The first-order valence-corrected chi connectivity index (χ1v) is 8.28. The molecule has 0 amide bonds. The molecule has 140 valence electrons. The van der Waals surface area contributed by atoms with E-state index in [1.54, 1.807) is 6.92 Å². The molecule has 0 aliphatic rings. The van der Waals surface area contributed by atoms with Crippen LogP contribution in [-0.2, 0) is 11.4 Å². The molecule has 0 atom stereocenters. The fourth-order valence-electron chi connectivity index (χ4n) is 2.26. The van der Waals surface area contributed by atoms with Crippen molar-refractivity contribution in [2.45, 2.75) is 13.5 Å². The van der Waals surface area contributed by atoms with Crippen molar-refractivity contribution in [2.75, 3.05) is 13.7 Å². The van der Waals surface area contributed by atoms with Gasteiger partial charge in [-0.15, -0.1) is 0 Å². The van der Waals surface area contributed by atoms with Gasteiger partial charge in [0.05, 0.1) is 12.8 Å². The van der Waals surface area contributed by atoms with Gasteiger partial charge in [-0.25, -0.2) is 4.98 Å². The molecule has 0 N–H and O–H groups in total. The summed E-state index contributed by atoms with van der Waals surface area (Å²) >= 11 is 6.06. The van der Waals surface area contributed by atoms with Gasteiger partial charge in [0.1, 0.15) is 20.0 Å². The predicted octanol–water partition coefficient (Wildman–Crippen LogP) is 2.31. The molecule has 0 aliphatic heterocycles. The second-order valence-corrected chi connectivity index (χ2v) is 5.79. The second-order valence-electron chi connectivity index (χ2n) is 5.41. The molecule has 0 saturated carbocycles. The minimum Gasteiger partial charge on any atom is -0.470 e. The van der Waals surface area contributed by atoms with Crippen LogP contribution in [0.3, 0.4) is 0 Å². The molecule has 2 heterocycles. The molecule has 10 heteroatoms. The smallest absolute Gasteiger partial charge is 0.276 e. The molecule has 0 unspecified atom stereocenters. The van der Waals surface area contributed by atoms with Gasteiger partial charge < -0.3 is 14.1 Å². The molecule has 0 saturated heterocycles. The van der Waals surface area contributed by atoms with Crippen LogP contribution >= 0.6 is 11.6 Å². The monoisotopic (exact) mass is 389 g/mol. The Morgan fingerprint density at radius 2 is 2.11 bits per heavy atom. The fraction of sp³-hybridized carbons (Fsp3) is 0.235. The van der Waals surface area contributed by atoms with E-state index in [1.165, 1.54) is 24.2 Å². The summed E-state index contributed by atoms with van der Waals surface area (Å²) in [7, 11) is 1.42. The van der Waals surface area contributed by atoms with Crippen molar-refractivity contribution in [2.24, 2.45) is 5.16 Å². The highest BCUT2D eigenvalue weighted by Gasteiger charge is 2.11. The van der Waals surface area contributed by atoms with Gasteiger partial charge >= 0.3 is 0 Å². The molecular formula is C17H16ClN5O4. The van der Waals surface area contributed by atoms with Crippen molar-refractivity contribution in [3.05, 3.63) is 57.4 Å². The van der Waals surface area contributed by atoms with Crippen LogP contribution in [0.4, 0.5) is 0 Å². The van der Waals surface area contributed by atoms with Gasteiger partial charge in [-0.05, 0) is 5.56 Å². The Morgan fingerprint density at radius 1 is 1.33 bits per heavy atom. The number of aromatic nitrogens is 4. The Balaban J connectivity index is 1.72. The van der Waals surface area contributed by atoms with E-state index in [1.807, 2.05) is 24.3 Å². The minimum atomic E-state index is -0.400. The first-order chi connectivity index (χ1) is 13.1. The molecule has 27 heavy (non-hydrogen) atoms. The van der Waals surface area contributed by atoms with Crippen molar-refractivity contribution >= 4 is 17.8 Å². The van der Waals surface area contributed by atoms with Crippen molar-refractivity contribution < 1.29 is 14.1 Å². The maximum absolute atomic E-state index is 12.4. The number of rotatable bonds is 7. The summed E-state index contributed by atoms with van der Waals surface area (Å²) in [6.45, 7) is 2.12. The number of oxime groups is 1. The zero-order valence-electron chi connectivity index (χ0n) is 14.6. The van der Waals surface area contributed by atoms with Crippen LogP contribution in [0, 0.1) is 6.92 Å². The topological polar surface area (TPSA) is 105 Å². The Bertz CT molecular complexity index is 997. The maximum Gasteiger partial charge on any atom is 0.276 e. The molecule has 0 spiro atoms. The van der Waals surface area contributed by atoms with Crippen molar-refractivity contribution in [1.29, 1.82) is 0 Å². The third kappa shape index (κ3) is 4.50. The Labute approximate surface area is 159 Å². The number of ether oxygens (including phenoxy) is 1. The van der Waals surface area contributed by atoms with Crippen molar-refractivity contribution in [3.8, 4) is 17.3 Å². The highest BCUT2D eigenvalue weighted by Crippen LogP contribution is 2.18. The molecular weight excluding hydrogens is 374 g/mol. The summed E-state index contributed by atoms with van der Waals surface area (Å²) in [5, 5.41) is 7.30. The van der Waals surface area contributed by atoms with E-state index in [9.17, 15) is 4.79 Å². The highest BCUT2D eigenvalue weighted by atomic mass is 35.5. The molecule has 9 nitrogen and oxygen atoms in total. The van der Waals surface area contributed by atoms with Crippen LogP contribution < -0.4 is 10.3 Å². The van der Waals surface area contributed by atoms with Crippen LogP contribution in [0.15, 0.2) is 45.1 Å². The summed E-state index contributed by atoms with van der Waals surface area (Å²) < 4.78 is 11.6. The van der Waals surface area contributed by atoms with Gasteiger partial charge in [-0.2, -0.15) is 4.98 Å². The molecule has 2 aromatic heterocycles. The van der Waals surface area contributed by atoms with E-state index in [-0.39, 0.29) is 17.5 Å². The van der Waals surface area contributed by atoms with Crippen molar-refractivity contribution in [1.82, 2.24) is 19.7 Å². The number of halogens is 1. The van der Waals surface area contributed by atoms with Crippen LogP contribution in [0.2, 0.25) is 5.02 Å². The first-order valence-electron chi connectivity index (χ1n) is 7.91. The average Bonchev–Trinajstić information content (AvgIpc) is 3.11. The lowest BCUT2D eigenvalue weighted by Crippen LogP contribution is -2.22. The van der Waals surface area contributed by atoms with E-state index in [0.717, 1.165) is 11.1 Å². The largest absolute Gasteiger partial charge is 0.470 e. The standard InChI is InChI=1S/C17H16ClN5O4/c1-11-21-15(22-27-11)13-5-3-12(4-6-13)9-23-10-19-16(14(18)17(23)24)26-8-7-20-25-2/h3-7,10H,8-9H2,1-2H3. The number of hydrogen-bond acceptors (Lipinski definition) is 8. The van der Waals surface area contributed by atoms with Gasteiger partial charge in [-0.3, -0.25) is 9.36 Å². The number of nitrogens with zero attached hydrogens (tertiary/aromatic N) is 5. The van der Waals surface area contributed by atoms with E-state index in [4.69, 9.17) is 20.9 Å². The van der Waals surface area contributed by atoms with Crippen LogP contribution in [0.25, 0.3) is 11.4 Å². The summed E-state index contributed by atoms with van der Waals surface area (Å²) in [6, 6.07) is 7.44. The van der Waals surface area contributed by atoms with E-state index < -0.39 is 5.56 Å². The Morgan fingerprint density at radius 3 is 2.78 bits per heavy atom. The van der Waals surface area contributed by atoms with E-state index in [0.29, 0.717) is 18.3 Å². The van der Waals surface area contributed by atoms with Gasteiger partial charge in [0, 0.05) is 12.5 Å². The molecule has 0 aliphatic carbocycles. The summed E-state index contributed by atoms with van der Waals surface area (Å²) in [5.74, 6) is 1.06. The third-order valence-electron chi connectivity index (χ3n) is 3.52. The molecule has 1 aromatic carbocycles. The SMILES string of the molecule is CON=CCOc1ncn(Cc2ccc(-c3noc(C)n3)cc2)c(=O)c1Cl. The predicted molar refractivity (Wildman–Crippen MR) is 98.1 cm³/mol. The molecule has 3 aromatic rings. The second kappa shape index (κ2) is 8.45. The van der Waals surface area contributed by atoms with E-state index >= 15 is 0 Å². The van der Waals surface area contributed by atoms with Crippen LogP contribution in [0.5, 0.6) is 5.88 Å². The average molecular weight is 390 g/mol. The molecule has 0 bridgehead atoms. The zero-order chi connectivity index (χ0) is 19.2. The van der Waals surface area contributed by atoms with Gasteiger partial charge in [0.2, 0.25) is 17.6 Å². The number of aryl methyl sites for hydroxylation is 1. The summed E-state index contributed by atoms with van der Waals surface area (Å²) in [4.78, 5) is 25.2.